The van der Waals surface area contributed by atoms with Gasteiger partial charge in [-0.25, -0.2) is 4.39 Å². The van der Waals surface area contributed by atoms with E-state index in [4.69, 9.17) is 0 Å². The Bertz CT molecular complexity index is 1390. The van der Waals surface area contributed by atoms with Gasteiger partial charge in [0.05, 0.1) is 11.3 Å². The number of hydrogen-bond acceptors (Lipinski definition) is 2. The number of hydrogen-bond donors (Lipinski definition) is 1. The average Bonchev–Trinajstić information content (AvgIpc) is 3.30. The Kier molecular flexibility index (Phi) is 8.27. The van der Waals surface area contributed by atoms with Gasteiger partial charge in [-0.1, -0.05) is 69.3 Å². The van der Waals surface area contributed by atoms with E-state index in [1.807, 2.05) is 60.7 Å². The van der Waals surface area contributed by atoms with E-state index in [-0.39, 0.29) is 17.6 Å². The summed E-state index contributed by atoms with van der Waals surface area (Å²) in [6.07, 6.45) is 2.25. The van der Waals surface area contributed by atoms with Gasteiger partial charge in [0, 0.05) is 23.5 Å². The topological polar surface area (TPSA) is 37.3 Å². The number of carbonyl (C=O) groups is 1. The van der Waals surface area contributed by atoms with E-state index in [1.165, 1.54) is 12.1 Å². The minimum Gasteiger partial charge on any atom is -0.343 e. The first-order valence-electron chi connectivity index (χ1n) is 14.1. The van der Waals surface area contributed by atoms with E-state index in [1.54, 1.807) is 0 Å². The number of rotatable bonds is 8. The van der Waals surface area contributed by atoms with E-state index in [2.05, 4.69) is 47.7 Å². The van der Waals surface area contributed by atoms with Crippen LogP contribution in [0.4, 0.5) is 10.1 Å². The van der Waals surface area contributed by atoms with Crippen LogP contribution in [-0.4, -0.2) is 35.0 Å². The maximum absolute atomic E-state index is 14.2. The van der Waals surface area contributed by atoms with Crippen molar-refractivity contribution in [1.29, 1.82) is 0 Å². The van der Waals surface area contributed by atoms with Gasteiger partial charge in [0.2, 0.25) is 0 Å². The Morgan fingerprint density at radius 3 is 2.10 bits per heavy atom. The molecule has 5 rings (SSSR count). The van der Waals surface area contributed by atoms with Crippen molar-refractivity contribution in [2.75, 3.05) is 25.0 Å². The summed E-state index contributed by atoms with van der Waals surface area (Å²) in [6.45, 7) is 10.6. The zero-order valence-corrected chi connectivity index (χ0v) is 23.2. The van der Waals surface area contributed by atoms with Gasteiger partial charge in [0.15, 0.2) is 0 Å². The van der Waals surface area contributed by atoms with Crippen molar-refractivity contribution in [1.82, 2.24) is 9.47 Å². The number of piperidine rings is 1. The number of carbonyl (C=O) groups excluding carboxylic acids is 1. The number of para-hydroxylation sites is 1. The van der Waals surface area contributed by atoms with E-state index >= 15 is 0 Å². The van der Waals surface area contributed by atoms with E-state index in [9.17, 15) is 9.18 Å². The molecule has 0 atom stereocenters. The largest absolute Gasteiger partial charge is 0.343 e. The number of benzene rings is 3. The third-order valence-electron chi connectivity index (χ3n) is 7.88. The SMILES string of the molecule is CCN1CCC(Cn2c(-c3ccc(F)cc3)c(-c3ccccc3)c(C(=O)Nc3ccccc3)c2C(C)C)CC1. The van der Waals surface area contributed by atoms with Crippen molar-refractivity contribution in [2.45, 2.75) is 46.1 Å². The Hall–Kier alpha value is -3.70. The molecule has 1 amide bonds. The highest BCUT2D eigenvalue weighted by Crippen LogP contribution is 2.43. The lowest BCUT2D eigenvalue weighted by Gasteiger charge is -2.32. The number of likely N-dealkylation sites (tertiary alicyclic amines) is 1. The van der Waals surface area contributed by atoms with Gasteiger partial charge in [-0.15, -0.1) is 0 Å². The lowest BCUT2D eigenvalue weighted by molar-refractivity contribution is 0.102. The molecular weight excluding hydrogens is 485 g/mol. The number of nitrogens with zero attached hydrogens (tertiary/aromatic N) is 2. The predicted molar refractivity (Wildman–Crippen MR) is 159 cm³/mol. The molecule has 1 N–H and O–H groups in total. The third-order valence-corrected chi connectivity index (χ3v) is 7.88. The van der Waals surface area contributed by atoms with Crippen molar-refractivity contribution in [3.63, 3.8) is 0 Å². The number of amides is 1. The molecule has 202 valence electrons. The summed E-state index contributed by atoms with van der Waals surface area (Å²) in [4.78, 5) is 16.7. The van der Waals surface area contributed by atoms with Crippen LogP contribution in [0, 0.1) is 11.7 Å². The summed E-state index contributed by atoms with van der Waals surface area (Å²) in [5, 5.41) is 3.16. The van der Waals surface area contributed by atoms with E-state index in [0.29, 0.717) is 11.5 Å². The van der Waals surface area contributed by atoms with Crippen LogP contribution in [0.5, 0.6) is 0 Å². The molecule has 0 unspecified atom stereocenters. The molecule has 1 aliphatic rings. The summed E-state index contributed by atoms with van der Waals surface area (Å²) in [6, 6.07) is 26.5. The molecule has 0 spiro atoms. The van der Waals surface area contributed by atoms with Crippen LogP contribution in [0.2, 0.25) is 0 Å². The summed E-state index contributed by atoms with van der Waals surface area (Å²) in [5.74, 6) is 0.224. The number of aromatic nitrogens is 1. The minimum atomic E-state index is -0.267. The van der Waals surface area contributed by atoms with Crippen LogP contribution < -0.4 is 5.32 Å². The fourth-order valence-corrected chi connectivity index (χ4v) is 5.91. The maximum atomic E-state index is 14.2. The van der Waals surface area contributed by atoms with E-state index in [0.717, 1.165) is 72.8 Å². The highest BCUT2D eigenvalue weighted by molar-refractivity contribution is 6.12. The first-order valence-corrected chi connectivity index (χ1v) is 14.1. The van der Waals surface area contributed by atoms with Crippen LogP contribution >= 0.6 is 0 Å². The molecule has 0 saturated carbocycles. The zero-order valence-electron chi connectivity index (χ0n) is 23.2. The van der Waals surface area contributed by atoms with Gasteiger partial charge < -0.3 is 14.8 Å². The standard InChI is InChI=1S/C34H38FN3O/c1-4-37-21-19-25(20-22-37)23-38-32(24(2)3)31(34(39)36-29-13-9-6-10-14-29)30(26-11-7-5-8-12-26)33(38)27-15-17-28(35)18-16-27/h5-18,24-25H,4,19-23H2,1-3H3,(H,36,39). The molecule has 4 aromatic rings. The predicted octanol–water partition coefficient (Wildman–Crippen LogP) is 8.07. The fraction of sp³-hybridized carbons (Fsp3) is 0.324. The second-order valence-electron chi connectivity index (χ2n) is 10.8. The molecule has 4 nitrogen and oxygen atoms in total. The van der Waals surface area contributed by atoms with Crippen LogP contribution in [0.3, 0.4) is 0 Å². The molecule has 0 radical (unpaired) electrons. The van der Waals surface area contributed by atoms with Crippen LogP contribution in [0.15, 0.2) is 84.9 Å². The molecule has 1 aliphatic heterocycles. The lowest BCUT2D eigenvalue weighted by atomic mass is 9.94. The molecule has 5 heteroatoms. The molecule has 1 saturated heterocycles. The first kappa shape index (κ1) is 26.9. The maximum Gasteiger partial charge on any atom is 0.258 e. The lowest BCUT2D eigenvalue weighted by Crippen LogP contribution is -2.35. The summed E-state index contributed by atoms with van der Waals surface area (Å²) < 4.78 is 16.5. The third kappa shape index (κ3) is 5.84. The van der Waals surface area contributed by atoms with Crippen molar-refractivity contribution < 1.29 is 9.18 Å². The van der Waals surface area contributed by atoms with Crippen LogP contribution in [0.25, 0.3) is 22.4 Å². The minimum absolute atomic E-state index is 0.105. The highest BCUT2D eigenvalue weighted by atomic mass is 19.1. The van der Waals surface area contributed by atoms with Crippen LogP contribution in [0.1, 0.15) is 55.6 Å². The fourth-order valence-electron chi connectivity index (χ4n) is 5.91. The second-order valence-corrected chi connectivity index (χ2v) is 10.8. The van der Waals surface area contributed by atoms with Gasteiger partial charge in [0.25, 0.3) is 5.91 Å². The van der Waals surface area contributed by atoms with Crippen molar-refractivity contribution in [3.8, 4) is 22.4 Å². The number of nitrogens with one attached hydrogen (secondary N) is 1. The Labute approximate surface area is 231 Å². The van der Waals surface area contributed by atoms with Gasteiger partial charge in [0.1, 0.15) is 5.82 Å². The summed E-state index contributed by atoms with van der Waals surface area (Å²) in [5.41, 5.74) is 6.29. The molecule has 0 aliphatic carbocycles. The van der Waals surface area contributed by atoms with Gasteiger partial charge in [-0.2, -0.15) is 0 Å². The monoisotopic (exact) mass is 523 g/mol. The van der Waals surface area contributed by atoms with Gasteiger partial charge in [-0.05, 0) is 91.8 Å². The molecule has 3 aromatic carbocycles. The zero-order chi connectivity index (χ0) is 27.4. The Morgan fingerprint density at radius 1 is 0.897 bits per heavy atom. The summed E-state index contributed by atoms with van der Waals surface area (Å²) >= 11 is 0. The molecule has 2 heterocycles. The molecule has 1 fully saturated rings. The van der Waals surface area contributed by atoms with Crippen molar-refractivity contribution in [3.05, 3.63) is 102 Å². The molecule has 39 heavy (non-hydrogen) atoms. The highest BCUT2D eigenvalue weighted by Gasteiger charge is 2.32. The molecule has 0 bridgehead atoms. The number of halogens is 1. The molecular formula is C34H38FN3O. The normalized spacial score (nSPS) is 14.6. The second kappa shape index (κ2) is 12.0. The Morgan fingerprint density at radius 2 is 1.51 bits per heavy atom. The molecule has 1 aromatic heterocycles. The van der Waals surface area contributed by atoms with Crippen molar-refractivity contribution >= 4 is 11.6 Å². The Balaban J connectivity index is 1.73. The summed E-state index contributed by atoms with van der Waals surface area (Å²) in [7, 11) is 0. The van der Waals surface area contributed by atoms with Gasteiger partial charge in [-0.3, -0.25) is 4.79 Å². The smallest absolute Gasteiger partial charge is 0.258 e. The number of anilines is 1. The van der Waals surface area contributed by atoms with Crippen LogP contribution in [-0.2, 0) is 6.54 Å². The van der Waals surface area contributed by atoms with Gasteiger partial charge >= 0.3 is 0 Å². The quantitative estimate of drug-likeness (QED) is 0.254. The van der Waals surface area contributed by atoms with Crippen molar-refractivity contribution in [2.24, 2.45) is 5.92 Å². The average molecular weight is 524 g/mol. The first-order chi connectivity index (χ1) is 19.0. The van der Waals surface area contributed by atoms with E-state index < -0.39 is 0 Å².